The van der Waals surface area contributed by atoms with Gasteiger partial charge in [0.2, 0.25) is 0 Å². The van der Waals surface area contributed by atoms with Gasteiger partial charge in [-0.15, -0.1) is 0 Å². The zero-order valence-electron chi connectivity index (χ0n) is 24.8. The summed E-state index contributed by atoms with van der Waals surface area (Å²) in [7, 11) is 0. The summed E-state index contributed by atoms with van der Waals surface area (Å²) >= 11 is 0. The number of carbonyl (C=O) groups excluding carboxylic acids is 2. The normalized spacial score (nSPS) is 11.8. The number of ketones is 1. The molecule has 5 heteroatoms. The molecule has 0 spiro atoms. The van der Waals surface area contributed by atoms with E-state index in [0.29, 0.717) is 6.61 Å². The van der Waals surface area contributed by atoms with E-state index in [0.717, 1.165) is 46.4 Å². The summed E-state index contributed by atoms with van der Waals surface area (Å²) in [5, 5.41) is 0. The molecular weight excluding hydrogens is 486 g/mol. The van der Waals surface area contributed by atoms with Crippen molar-refractivity contribution in [1.82, 2.24) is 4.98 Å². The van der Waals surface area contributed by atoms with Crippen molar-refractivity contribution < 1.29 is 19.1 Å². The number of hydrogen-bond donors (Lipinski definition) is 0. The molecule has 0 bridgehead atoms. The van der Waals surface area contributed by atoms with E-state index in [4.69, 9.17) is 9.47 Å². The van der Waals surface area contributed by atoms with Crippen LogP contribution in [0.3, 0.4) is 0 Å². The van der Waals surface area contributed by atoms with Crippen molar-refractivity contribution in [2.45, 2.75) is 80.1 Å². The third kappa shape index (κ3) is 6.95. The number of pyridine rings is 1. The highest BCUT2D eigenvalue weighted by Crippen LogP contribution is 2.41. The fraction of sp³-hybridized carbons (Fsp3) is 0.441. The molecule has 3 rings (SSSR count). The molecule has 1 aromatic heterocycles. The second-order valence-electron chi connectivity index (χ2n) is 11.3. The minimum atomic E-state index is -0.421. The van der Waals surface area contributed by atoms with Crippen molar-refractivity contribution in [3.05, 3.63) is 82.7 Å². The van der Waals surface area contributed by atoms with Crippen molar-refractivity contribution in [3.63, 3.8) is 0 Å². The van der Waals surface area contributed by atoms with Crippen LogP contribution in [0.5, 0.6) is 5.75 Å². The third-order valence-corrected chi connectivity index (χ3v) is 7.67. The van der Waals surface area contributed by atoms with Crippen LogP contribution in [0.25, 0.3) is 11.1 Å². The molecule has 1 heterocycles. The highest BCUT2D eigenvalue weighted by atomic mass is 16.5. The van der Waals surface area contributed by atoms with Gasteiger partial charge in [0.25, 0.3) is 0 Å². The highest BCUT2D eigenvalue weighted by Gasteiger charge is 2.32. The minimum absolute atomic E-state index is 0.0763. The van der Waals surface area contributed by atoms with Crippen LogP contribution < -0.4 is 4.74 Å². The number of ether oxygens (including phenoxy) is 2. The lowest BCUT2D eigenvalue weighted by Gasteiger charge is -2.34. The first-order valence-electron chi connectivity index (χ1n) is 13.9. The number of nitrogens with zero attached hydrogens (tertiary/aromatic N) is 1. The van der Waals surface area contributed by atoms with Gasteiger partial charge in [0, 0.05) is 28.8 Å². The lowest BCUT2D eigenvalue weighted by molar-refractivity contribution is -0.142. The predicted molar refractivity (Wildman–Crippen MR) is 157 cm³/mol. The Morgan fingerprint density at radius 1 is 0.846 bits per heavy atom. The van der Waals surface area contributed by atoms with Gasteiger partial charge in [-0.25, -0.2) is 0 Å². The first-order valence-corrected chi connectivity index (χ1v) is 13.9. The Morgan fingerprint density at radius 3 is 2.05 bits per heavy atom. The third-order valence-electron chi connectivity index (χ3n) is 7.67. The van der Waals surface area contributed by atoms with Crippen LogP contribution in [0.1, 0.15) is 82.2 Å². The molecule has 0 aliphatic heterocycles. The largest absolute Gasteiger partial charge is 0.486 e. The average molecular weight is 530 g/mol. The Kier molecular flexibility index (Phi) is 9.71. The number of rotatable bonds is 11. The monoisotopic (exact) mass is 529 g/mol. The van der Waals surface area contributed by atoms with E-state index < -0.39 is 5.41 Å². The second kappa shape index (κ2) is 12.6. The number of aryl methyl sites for hydroxylation is 2. The Balaban J connectivity index is 1.91. The van der Waals surface area contributed by atoms with Crippen LogP contribution >= 0.6 is 0 Å². The Morgan fingerprint density at radius 2 is 1.49 bits per heavy atom. The summed E-state index contributed by atoms with van der Waals surface area (Å²) in [6.45, 7) is 16.6. The van der Waals surface area contributed by atoms with Crippen molar-refractivity contribution in [3.8, 4) is 16.9 Å². The first kappa shape index (κ1) is 30.1. The van der Waals surface area contributed by atoms with E-state index in [1.54, 1.807) is 6.20 Å². The van der Waals surface area contributed by atoms with E-state index in [1.807, 2.05) is 52.9 Å². The van der Waals surface area contributed by atoms with Crippen molar-refractivity contribution in [2.75, 3.05) is 13.2 Å². The van der Waals surface area contributed by atoms with Gasteiger partial charge in [-0.3, -0.25) is 14.6 Å². The maximum absolute atomic E-state index is 12.4. The molecule has 3 aromatic rings. The molecule has 0 atom stereocenters. The molecule has 0 aliphatic carbocycles. The van der Waals surface area contributed by atoms with Gasteiger partial charge >= 0.3 is 5.97 Å². The number of benzene rings is 2. The van der Waals surface area contributed by atoms with Crippen molar-refractivity contribution in [1.29, 1.82) is 0 Å². The van der Waals surface area contributed by atoms with Gasteiger partial charge in [0.05, 0.1) is 13.0 Å². The molecule has 5 nitrogen and oxygen atoms in total. The van der Waals surface area contributed by atoms with Crippen molar-refractivity contribution >= 4 is 11.8 Å². The van der Waals surface area contributed by atoms with E-state index in [1.165, 1.54) is 11.1 Å². The van der Waals surface area contributed by atoms with Crippen LogP contribution in [0.4, 0.5) is 0 Å². The van der Waals surface area contributed by atoms with E-state index in [9.17, 15) is 9.59 Å². The Labute approximate surface area is 234 Å². The molecule has 0 N–H and O–H groups in total. The predicted octanol–water partition coefficient (Wildman–Crippen LogP) is 7.57. The topological polar surface area (TPSA) is 65.5 Å². The Hall–Kier alpha value is -3.47. The molecule has 0 saturated carbocycles. The van der Waals surface area contributed by atoms with Gasteiger partial charge in [-0.05, 0) is 79.1 Å². The van der Waals surface area contributed by atoms with Gasteiger partial charge < -0.3 is 9.47 Å². The summed E-state index contributed by atoms with van der Waals surface area (Å²) in [6, 6.07) is 15.0. The van der Waals surface area contributed by atoms with Gasteiger partial charge in [-0.1, -0.05) is 65.0 Å². The Bertz CT molecular complexity index is 1320. The summed E-state index contributed by atoms with van der Waals surface area (Å²) in [6.07, 6.45) is 5.67. The minimum Gasteiger partial charge on any atom is -0.486 e. The SMILES string of the molecule is CCOC(=O)Cc1cncc(-c2ccc(C(CC)(CC)c3ccc(OCC(=O)C(C)(C)C)c(C)c3)cc2C)c1. The quantitative estimate of drug-likeness (QED) is 0.240. The molecule has 0 saturated heterocycles. The standard InChI is InChI=1S/C34H43NO4/c1-9-34(10-2,28-13-15-30(24(5)17-28)39-22-31(36)33(6,7)8)27-12-14-29(23(4)16-27)26-18-25(20-35-21-26)19-32(37)38-11-3/h12-18,20-21H,9-11,19,22H2,1-8H3. The molecule has 0 amide bonds. The average Bonchev–Trinajstić information content (AvgIpc) is 2.89. The number of aromatic nitrogens is 1. The lowest BCUT2D eigenvalue weighted by Crippen LogP contribution is -2.27. The van der Waals surface area contributed by atoms with E-state index >= 15 is 0 Å². The lowest BCUT2D eigenvalue weighted by atomic mass is 9.69. The number of hydrogen-bond acceptors (Lipinski definition) is 5. The maximum atomic E-state index is 12.4. The number of esters is 1. The summed E-state index contributed by atoms with van der Waals surface area (Å²) in [5.41, 5.74) is 7.04. The number of carbonyl (C=O) groups is 2. The summed E-state index contributed by atoms with van der Waals surface area (Å²) in [4.78, 5) is 28.7. The molecule has 0 fully saturated rings. The zero-order valence-corrected chi connectivity index (χ0v) is 24.8. The number of Topliss-reactive ketones (excluding diaryl/α,β-unsaturated/α-hetero) is 1. The fourth-order valence-electron chi connectivity index (χ4n) is 5.10. The van der Waals surface area contributed by atoms with E-state index in [-0.39, 0.29) is 30.2 Å². The van der Waals surface area contributed by atoms with Crippen LogP contribution in [0, 0.1) is 19.3 Å². The van der Waals surface area contributed by atoms with Crippen LogP contribution in [-0.2, 0) is 26.2 Å². The van der Waals surface area contributed by atoms with Crippen LogP contribution in [-0.4, -0.2) is 30.0 Å². The summed E-state index contributed by atoms with van der Waals surface area (Å²) < 4.78 is 11.0. The van der Waals surface area contributed by atoms with Crippen molar-refractivity contribution in [2.24, 2.45) is 5.41 Å². The highest BCUT2D eigenvalue weighted by molar-refractivity contribution is 5.85. The van der Waals surface area contributed by atoms with Crippen LogP contribution in [0.15, 0.2) is 54.9 Å². The molecule has 2 aromatic carbocycles. The molecule has 0 unspecified atom stereocenters. The van der Waals surface area contributed by atoms with Gasteiger partial charge in [0.15, 0.2) is 5.78 Å². The summed E-state index contributed by atoms with van der Waals surface area (Å²) in [5.74, 6) is 0.588. The second-order valence-corrected chi connectivity index (χ2v) is 11.3. The molecule has 0 radical (unpaired) electrons. The van der Waals surface area contributed by atoms with Gasteiger partial charge in [-0.2, -0.15) is 0 Å². The molecule has 0 aliphatic rings. The smallest absolute Gasteiger partial charge is 0.310 e. The first-order chi connectivity index (χ1) is 18.4. The van der Waals surface area contributed by atoms with Crippen LogP contribution in [0.2, 0.25) is 0 Å². The zero-order chi connectivity index (χ0) is 28.8. The maximum Gasteiger partial charge on any atom is 0.310 e. The molecule has 208 valence electrons. The molecular formula is C34H43NO4. The molecule has 39 heavy (non-hydrogen) atoms. The van der Waals surface area contributed by atoms with Gasteiger partial charge in [0.1, 0.15) is 12.4 Å². The van der Waals surface area contributed by atoms with E-state index in [2.05, 4.69) is 56.1 Å². The fourth-order valence-corrected chi connectivity index (χ4v) is 5.10.